The van der Waals surface area contributed by atoms with E-state index in [0.29, 0.717) is 12.1 Å². The molecule has 1 fully saturated rings. The van der Waals surface area contributed by atoms with Gasteiger partial charge in [-0.15, -0.1) is 0 Å². The Hall–Kier alpha value is -1.49. The summed E-state index contributed by atoms with van der Waals surface area (Å²) in [6, 6.07) is 3.59. The van der Waals surface area contributed by atoms with Crippen LogP contribution in [0.1, 0.15) is 25.3 Å². The van der Waals surface area contributed by atoms with Crippen molar-refractivity contribution in [3.8, 4) is 0 Å². The molecule has 1 saturated carbocycles. The number of carbonyl (C=O) groups is 1. The Morgan fingerprint density at radius 2 is 2.16 bits per heavy atom. The second-order valence-corrected chi connectivity index (χ2v) is 5.00. The first-order valence-corrected chi connectivity index (χ1v) is 6.24. The Bertz CT molecular complexity index is 486. The summed E-state index contributed by atoms with van der Waals surface area (Å²) < 4.78 is 31.6. The third kappa shape index (κ3) is 2.92. The van der Waals surface area contributed by atoms with Crippen LogP contribution in [0.25, 0.3) is 0 Å². The van der Waals surface area contributed by atoms with Crippen molar-refractivity contribution >= 4 is 5.91 Å². The predicted octanol–water partition coefficient (Wildman–Crippen LogP) is 2.15. The third-order valence-electron chi connectivity index (χ3n) is 3.68. The number of hydrogen-bond acceptors (Lipinski definition) is 2. The number of carbonyl (C=O) groups excluding carboxylic acids is 1. The van der Waals surface area contributed by atoms with Gasteiger partial charge in [-0.2, -0.15) is 0 Å². The molecule has 0 aromatic heterocycles. The molecule has 0 radical (unpaired) electrons. The van der Waals surface area contributed by atoms with Crippen molar-refractivity contribution in [3.05, 3.63) is 35.4 Å². The topological polar surface area (TPSA) is 38.3 Å². The molecule has 104 valence electrons. The van der Waals surface area contributed by atoms with Crippen molar-refractivity contribution in [2.24, 2.45) is 0 Å². The normalized spacial score (nSPS) is 17.9. The highest BCUT2D eigenvalue weighted by molar-refractivity contribution is 5.80. The zero-order valence-corrected chi connectivity index (χ0v) is 11.0. The standard InChI is InChI=1S/C14H17F2NO2/c1-9(19-2)13(18)17-8-14(5-6-14)11-4-3-10(15)7-12(11)16/h3-4,7,9H,5-6,8H2,1-2H3,(H,17,18)/t9-/m0/s1. The second kappa shape index (κ2) is 5.25. The zero-order valence-electron chi connectivity index (χ0n) is 11.0. The number of hydrogen-bond donors (Lipinski definition) is 1. The monoisotopic (exact) mass is 269 g/mol. The Morgan fingerprint density at radius 3 is 2.68 bits per heavy atom. The molecule has 0 saturated heterocycles. The van der Waals surface area contributed by atoms with Crippen LogP contribution in [-0.4, -0.2) is 25.7 Å². The van der Waals surface area contributed by atoms with Crippen LogP contribution in [0.2, 0.25) is 0 Å². The van der Waals surface area contributed by atoms with Gasteiger partial charge in [-0.05, 0) is 31.4 Å². The van der Waals surface area contributed by atoms with E-state index in [1.165, 1.54) is 19.2 Å². The predicted molar refractivity (Wildman–Crippen MR) is 66.8 cm³/mol. The number of methoxy groups -OCH3 is 1. The molecule has 0 heterocycles. The first kappa shape index (κ1) is 13.9. The number of amides is 1. The second-order valence-electron chi connectivity index (χ2n) is 5.00. The molecule has 19 heavy (non-hydrogen) atoms. The fourth-order valence-corrected chi connectivity index (χ4v) is 2.12. The van der Waals surface area contributed by atoms with Crippen molar-refractivity contribution in [1.82, 2.24) is 5.32 Å². The summed E-state index contributed by atoms with van der Waals surface area (Å²) in [7, 11) is 1.46. The number of rotatable bonds is 5. The molecule has 3 nitrogen and oxygen atoms in total. The number of ether oxygens (including phenoxy) is 1. The first-order valence-electron chi connectivity index (χ1n) is 6.24. The van der Waals surface area contributed by atoms with Crippen molar-refractivity contribution in [2.45, 2.75) is 31.3 Å². The molecule has 0 unspecified atom stereocenters. The SMILES string of the molecule is CO[C@@H](C)C(=O)NCC1(c2ccc(F)cc2F)CC1. The highest BCUT2D eigenvalue weighted by Crippen LogP contribution is 2.48. The summed E-state index contributed by atoms with van der Waals surface area (Å²) in [5.74, 6) is -1.36. The minimum Gasteiger partial charge on any atom is -0.372 e. The Morgan fingerprint density at radius 1 is 1.47 bits per heavy atom. The largest absolute Gasteiger partial charge is 0.372 e. The molecule has 1 aromatic rings. The maximum atomic E-state index is 13.8. The van der Waals surface area contributed by atoms with Crippen LogP contribution in [0.3, 0.4) is 0 Å². The van der Waals surface area contributed by atoms with Gasteiger partial charge in [-0.25, -0.2) is 8.78 Å². The molecule has 0 bridgehead atoms. The summed E-state index contributed by atoms with van der Waals surface area (Å²) in [6.07, 6.45) is 1.04. The molecule has 1 aromatic carbocycles. The molecule has 0 aliphatic heterocycles. The van der Waals surface area contributed by atoms with E-state index in [1.54, 1.807) is 6.92 Å². The molecule has 0 spiro atoms. The molecule has 1 aliphatic rings. The van der Waals surface area contributed by atoms with Crippen LogP contribution >= 0.6 is 0 Å². The van der Waals surface area contributed by atoms with E-state index in [1.807, 2.05) is 0 Å². The lowest BCUT2D eigenvalue weighted by atomic mass is 9.95. The van der Waals surface area contributed by atoms with E-state index in [9.17, 15) is 13.6 Å². The van der Waals surface area contributed by atoms with Crippen LogP contribution in [0.4, 0.5) is 8.78 Å². The van der Waals surface area contributed by atoms with E-state index >= 15 is 0 Å². The summed E-state index contributed by atoms with van der Waals surface area (Å²) in [5, 5.41) is 2.75. The lowest BCUT2D eigenvalue weighted by Crippen LogP contribution is -2.38. The first-order chi connectivity index (χ1) is 8.98. The number of benzene rings is 1. The molecule has 2 rings (SSSR count). The van der Waals surface area contributed by atoms with Gasteiger partial charge in [0, 0.05) is 25.1 Å². The fraction of sp³-hybridized carbons (Fsp3) is 0.500. The number of halogens is 2. The van der Waals surface area contributed by atoms with E-state index in [-0.39, 0.29) is 11.3 Å². The van der Waals surface area contributed by atoms with Crippen LogP contribution < -0.4 is 5.32 Å². The molecular weight excluding hydrogens is 252 g/mol. The Kier molecular flexibility index (Phi) is 3.85. The Balaban J connectivity index is 2.05. The summed E-state index contributed by atoms with van der Waals surface area (Å²) >= 11 is 0. The zero-order chi connectivity index (χ0) is 14.0. The molecule has 1 aliphatic carbocycles. The highest BCUT2D eigenvalue weighted by Gasteiger charge is 2.46. The minimum atomic E-state index is -0.589. The van der Waals surface area contributed by atoms with Crippen molar-refractivity contribution < 1.29 is 18.3 Å². The summed E-state index contributed by atoms with van der Waals surface area (Å²) in [6.45, 7) is 2.00. The van der Waals surface area contributed by atoms with E-state index in [4.69, 9.17) is 4.74 Å². The van der Waals surface area contributed by atoms with Crippen LogP contribution in [0, 0.1) is 11.6 Å². The maximum Gasteiger partial charge on any atom is 0.248 e. The van der Waals surface area contributed by atoms with Gasteiger partial charge in [0.05, 0.1) is 0 Å². The van der Waals surface area contributed by atoms with Crippen LogP contribution in [0.5, 0.6) is 0 Å². The lowest BCUT2D eigenvalue weighted by molar-refractivity contribution is -0.130. The fourth-order valence-electron chi connectivity index (χ4n) is 2.12. The summed E-state index contributed by atoms with van der Waals surface area (Å²) in [5.41, 5.74) is 0.0836. The molecule has 1 N–H and O–H groups in total. The van der Waals surface area contributed by atoms with E-state index < -0.39 is 17.7 Å². The number of nitrogens with one attached hydrogen (secondary N) is 1. The van der Waals surface area contributed by atoms with E-state index in [2.05, 4.69) is 5.32 Å². The molecule has 1 amide bonds. The van der Waals surface area contributed by atoms with Gasteiger partial charge in [0.2, 0.25) is 5.91 Å². The van der Waals surface area contributed by atoms with Gasteiger partial charge in [0.25, 0.3) is 0 Å². The quantitative estimate of drug-likeness (QED) is 0.889. The third-order valence-corrected chi connectivity index (χ3v) is 3.68. The van der Waals surface area contributed by atoms with Crippen molar-refractivity contribution in [1.29, 1.82) is 0 Å². The summed E-state index contributed by atoms with van der Waals surface area (Å²) in [4.78, 5) is 11.6. The van der Waals surface area contributed by atoms with Gasteiger partial charge in [0.1, 0.15) is 17.7 Å². The van der Waals surface area contributed by atoms with Crippen molar-refractivity contribution in [2.75, 3.05) is 13.7 Å². The lowest BCUT2D eigenvalue weighted by Gasteiger charge is -2.18. The van der Waals surface area contributed by atoms with Gasteiger partial charge in [0.15, 0.2) is 0 Å². The van der Waals surface area contributed by atoms with Gasteiger partial charge in [-0.1, -0.05) is 6.07 Å². The minimum absolute atomic E-state index is 0.226. The highest BCUT2D eigenvalue weighted by atomic mass is 19.1. The molecule has 1 atom stereocenters. The molecular formula is C14H17F2NO2. The molecule has 5 heteroatoms. The maximum absolute atomic E-state index is 13.8. The van der Waals surface area contributed by atoms with E-state index in [0.717, 1.165) is 18.9 Å². The smallest absolute Gasteiger partial charge is 0.248 e. The van der Waals surface area contributed by atoms with Gasteiger partial charge < -0.3 is 10.1 Å². The van der Waals surface area contributed by atoms with Gasteiger partial charge in [-0.3, -0.25) is 4.79 Å². The van der Waals surface area contributed by atoms with Crippen molar-refractivity contribution in [3.63, 3.8) is 0 Å². The average molecular weight is 269 g/mol. The van der Waals surface area contributed by atoms with Crippen LogP contribution in [0.15, 0.2) is 18.2 Å². The van der Waals surface area contributed by atoms with Gasteiger partial charge >= 0.3 is 0 Å². The Labute approximate surface area is 111 Å². The average Bonchev–Trinajstić information content (AvgIpc) is 3.16. The van der Waals surface area contributed by atoms with Crippen LogP contribution in [-0.2, 0) is 14.9 Å².